The maximum Gasteiger partial charge on any atom is 0.00860 e. The van der Waals surface area contributed by atoms with Crippen molar-refractivity contribution in [1.82, 2.24) is 0 Å². The fourth-order valence-corrected chi connectivity index (χ4v) is 11.5. The lowest BCUT2D eigenvalue weighted by Crippen LogP contribution is -2.13. The fourth-order valence-electron chi connectivity index (χ4n) is 0.533. The topological polar surface area (TPSA) is 0 Å². The quantitative estimate of drug-likeness (QED) is 0.526. The average molecular weight is 350 g/mol. The van der Waals surface area contributed by atoms with Crippen molar-refractivity contribution in [2.24, 2.45) is 0 Å². The van der Waals surface area contributed by atoms with Crippen LogP contribution < -0.4 is 0 Å². The normalized spacial score (nSPS) is 18.5. The van der Waals surface area contributed by atoms with E-state index in [9.17, 15) is 0 Å². The third-order valence-corrected chi connectivity index (χ3v) is 17.0. The maximum absolute atomic E-state index is 3.84. The zero-order valence-corrected chi connectivity index (χ0v) is 14.3. The third kappa shape index (κ3) is 6.08. The van der Waals surface area contributed by atoms with Crippen molar-refractivity contribution in [3.05, 3.63) is 0 Å². The summed E-state index contributed by atoms with van der Waals surface area (Å²) in [5, 5.41) is 0.851. The Hall–Kier alpha value is 1.82. The first-order valence-corrected chi connectivity index (χ1v) is 11.5. The van der Waals surface area contributed by atoms with Gasteiger partial charge in [0.2, 0.25) is 0 Å². The number of hydrogen-bond acceptors (Lipinski definition) is 0. The molecule has 0 aliphatic carbocycles. The number of halogens is 2. The highest BCUT2D eigenvalue weighted by Crippen LogP contribution is 2.69. The van der Waals surface area contributed by atoms with Gasteiger partial charge in [-0.05, 0) is 23.6 Å². The third-order valence-electron chi connectivity index (χ3n) is 1.70. The predicted molar refractivity (Wildman–Crippen MR) is 76.1 cm³/mol. The molecule has 0 aromatic rings. The van der Waals surface area contributed by atoms with Crippen LogP contribution >= 0.6 is 44.2 Å². The molecule has 0 heterocycles. The van der Waals surface area contributed by atoms with Gasteiger partial charge in [0.15, 0.2) is 0 Å². The van der Waals surface area contributed by atoms with Gasteiger partial charge in [0, 0.05) is 5.90 Å². The summed E-state index contributed by atoms with van der Waals surface area (Å²) in [4.78, 5) is 0. The molecule has 80 valence electrons. The molecule has 0 bridgehead atoms. The molecule has 2 unspecified atom stereocenters. The van der Waals surface area contributed by atoms with Crippen LogP contribution in [-0.4, -0.2) is 16.2 Å². The van der Waals surface area contributed by atoms with Crippen LogP contribution in [0.4, 0.5) is 0 Å². The number of hydrogen-bond donors (Lipinski definition) is 0. The molecule has 4 heteroatoms. The summed E-state index contributed by atoms with van der Waals surface area (Å²) in [6.45, 7) is 13.8. The first-order valence-electron chi connectivity index (χ1n) is 4.42. The van der Waals surface area contributed by atoms with Crippen LogP contribution in [-0.2, 0) is 0 Å². The van der Waals surface area contributed by atoms with E-state index in [0.717, 1.165) is 0 Å². The molecule has 0 radical (unpaired) electrons. The molecule has 0 aromatic carbocycles. The molecule has 13 heavy (non-hydrogen) atoms. The Labute approximate surface area is 102 Å². The van der Waals surface area contributed by atoms with Crippen molar-refractivity contribution in [3.8, 4) is 0 Å². The average Bonchev–Trinajstić information content (AvgIpc) is 1.82. The van der Waals surface area contributed by atoms with Crippen molar-refractivity contribution in [3.63, 3.8) is 0 Å². The van der Waals surface area contributed by atoms with Gasteiger partial charge in [-0.15, -0.1) is 0 Å². The summed E-state index contributed by atoms with van der Waals surface area (Å²) in [6.07, 6.45) is 0. The van der Waals surface area contributed by atoms with E-state index in [1.807, 2.05) is 0 Å². The van der Waals surface area contributed by atoms with Gasteiger partial charge in [0.1, 0.15) is 0 Å². The van der Waals surface area contributed by atoms with E-state index in [1.54, 1.807) is 0 Å². The molecule has 0 spiro atoms. The van der Waals surface area contributed by atoms with Crippen molar-refractivity contribution >= 4 is 44.2 Å². The number of rotatable bonds is 2. The van der Waals surface area contributed by atoms with Gasteiger partial charge in [-0.3, -0.25) is 0 Å². The largest absolute Gasteiger partial charge is 0.0595 e. The molecule has 0 rings (SSSR count). The lowest BCUT2D eigenvalue weighted by Gasteiger charge is -2.32. The molecule has 0 aromatic heterocycles. The maximum atomic E-state index is 3.84. The summed E-state index contributed by atoms with van der Waals surface area (Å²) in [5.41, 5.74) is 0. The van der Waals surface area contributed by atoms with Crippen molar-refractivity contribution in [2.75, 3.05) is 5.90 Å². The minimum Gasteiger partial charge on any atom is -0.0595 e. The second-order valence-corrected chi connectivity index (χ2v) is 15.6. The molecule has 0 saturated carbocycles. The summed E-state index contributed by atoms with van der Waals surface area (Å²) in [5.74, 6) is 1.30. The zero-order chi connectivity index (χ0) is 10.9. The van der Waals surface area contributed by atoms with Crippen molar-refractivity contribution < 1.29 is 0 Å². The minimum atomic E-state index is -0.0309. The second kappa shape index (κ2) is 5.24. The summed E-state index contributed by atoms with van der Waals surface area (Å²) < 4.78 is 0. The Bertz CT molecular complexity index is 140. The van der Waals surface area contributed by atoms with E-state index in [1.165, 1.54) is 5.90 Å². The first kappa shape index (κ1) is 14.8. The van der Waals surface area contributed by atoms with Crippen LogP contribution in [0.2, 0.25) is 0 Å². The molecule has 0 N–H and O–H groups in total. The molecule has 0 amide bonds. The van der Waals surface area contributed by atoms with Gasteiger partial charge in [-0.2, -0.15) is 0 Å². The SMILES string of the molecule is CC(C)(C)P(Br)CP(Br)C(C)(C)C. The summed E-state index contributed by atoms with van der Waals surface area (Å²) >= 11 is 7.68. The molecular weight excluding hydrogens is 330 g/mol. The molecular formula is C9H20Br2P2. The van der Waals surface area contributed by atoms with Crippen LogP contribution in [0.25, 0.3) is 0 Å². The Morgan fingerprint density at radius 3 is 1.15 bits per heavy atom. The first-order chi connectivity index (χ1) is 5.55. The second-order valence-electron chi connectivity index (χ2n) is 5.21. The van der Waals surface area contributed by atoms with Crippen LogP contribution in [0.1, 0.15) is 41.5 Å². The summed E-state index contributed by atoms with van der Waals surface area (Å²) in [7, 11) is 0. The fraction of sp³-hybridized carbons (Fsp3) is 1.00. The van der Waals surface area contributed by atoms with Crippen LogP contribution in [0.5, 0.6) is 0 Å². The van der Waals surface area contributed by atoms with Gasteiger partial charge < -0.3 is 0 Å². The molecule has 0 aliphatic rings. The summed E-state index contributed by atoms with van der Waals surface area (Å²) in [6, 6.07) is 0. The zero-order valence-electron chi connectivity index (χ0n) is 9.36. The Kier molecular flexibility index (Phi) is 5.97. The van der Waals surface area contributed by atoms with Crippen LogP contribution in [0.15, 0.2) is 0 Å². The van der Waals surface area contributed by atoms with E-state index in [0.29, 0.717) is 10.3 Å². The van der Waals surface area contributed by atoms with Crippen LogP contribution in [0, 0.1) is 0 Å². The van der Waals surface area contributed by atoms with E-state index >= 15 is 0 Å². The highest BCUT2D eigenvalue weighted by atomic mass is 79.9. The van der Waals surface area contributed by atoms with E-state index in [2.05, 4.69) is 72.5 Å². The minimum absolute atomic E-state index is 0.0309. The standard InChI is InChI=1S/C9H20Br2P2/c1-8(2,3)12(10)7-13(11)9(4,5)6/h7H2,1-6H3. The van der Waals surface area contributed by atoms with E-state index in [4.69, 9.17) is 0 Å². The van der Waals surface area contributed by atoms with Gasteiger partial charge >= 0.3 is 0 Å². The highest BCUT2D eigenvalue weighted by molar-refractivity contribution is 9.42. The molecule has 0 fully saturated rings. The highest BCUT2D eigenvalue weighted by Gasteiger charge is 2.29. The van der Waals surface area contributed by atoms with Crippen molar-refractivity contribution in [1.29, 1.82) is 0 Å². The van der Waals surface area contributed by atoms with Gasteiger partial charge in [0.25, 0.3) is 0 Å². The Morgan fingerprint density at radius 1 is 0.769 bits per heavy atom. The Balaban J connectivity index is 4.15. The van der Waals surface area contributed by atoms with E-state index < -0.39 is 0 Å². The smallest absolute Gasteiger partial charge is 0.00860 e. The van der Waals surface area contributed by atoms with E-state index in [-0.39, 0.29) is 13.2 Å². The predicted octanol–water partition coefficient (Wildman–Crippen LogP) is 6.12. The van der Waals surface area contributed by atoms with Gasteiger partial charge in [0.05, 0.1) is 0 Å². The van der Waals surface area contributed by atoms with Gasteiger partial charge in [-0.1, -0.05) is 72.5 Å². The lowest BCUT2D eigenvalue weighted by atomic mass is 10.3. The lowest BCUT2D eigenvalue weighted by molar-refractivity contribution is 0.786. The monoisotopic (exact) mass is 348 g/mol. The molecule has 2 atom stereocenters. The Morgan fingerprint density at radius 2 is 1.00 bits per heavy atom. The molecule has 0 aliphatic heterocycles. The molecule has 0 saturated heterocycles. The molecule has 0 nitrogen and oxygen atoms in total. The van der Waals surface area contributed by atoms with Crippen molar-refractivity contribution in [2.45, 2.75) is 51.9 Å². The van der Waals surface area contributed by atoms with Gasteiger partial charge in [-0.25, -0.2) is 0 Å². The van der Waals surface area contributed by atoms with Crippen LogP contribution in [0.3, 0.4) is 0 Å².